The summed E-state index contributed by atoms with van der Waals surface area (Å²) in [6.07, 6.45) is 1.67. The molecular formula is C10H18O4. The zero-order valence-electron chi connectivity index (χ0n) is 8.78. The van der Waals surface area contributed by atoms with Crippen LogP contribution in [0, 0.1) is 0 Å². The number of unbranched alkanes of at least 4 members (excludes halogenated alkanes) is 1. The lowest BCUT2D eigenvalue weighted by Crippen LogP contribution is -2.42. The third-order valence-corrected chi connectivity index (χ3v) is 2.42. The van der Waals surface area contributed by atoms with Crippen molar-refractivity contribution in [2.75, 3.05) is 6.61 Å². The topological polar surface area (TPSA) is 55.8 Å². The van der Waals surface area contributed by atoms with Crippen LogP contribution in [0.4, 0.5) is 0 Å². The molecule has 0 unspecified atom stereocenters. The molecule has 4 nitrogen and oxygen atoms in total. The first kappa shape index (κ1) is 11.5. The molecule has 1 heterocycles. The molecule has 0 aromatic carbocycles. The number of ether oxygens (including phenoxy) is 2. The van der Waals surface area contributed by atoms with E-state index in [1.807, 2.05) is 13.8 Å². The molecule has 1 rings (SSSR count). The van der Waals surface area contributed by atoms with Crippen LogP contribution >= 0.6 is 0 Å². The molecule has 0 bridgehead atoms. The number of hydrogen-bond donors (Lipinski definition) is 1. The largest absolute Gasteiger partial charge is 0.430 e. The van der Waals surface area contributed by atoms with Gasteiger partial charge in [0, 0.05) is 13.0 Å². The standard InChI is InChI=1S/C10H18O4/c1-3-5-6-10(13-4-2)8(11)7-9(12)14-10/h8,11H,3-7H2,1-2H3/t8-,10+/m1/s1. The highest BCUT2D eigenvalue weighted by molar-refractivity contribution is 5.73. The lowest BCUT2D eigenvalue weighted by molar-refractivity contribution is -0.243. The molecule has 1 aliphatic heterocycles. The summed E-state index contributed by atoms with van der Waals surface area (Å²) in [4.78, 5) is 11.0. The molecule has 0 aliphatic carbocycles. The maximum Gasteiger partial charge on any atom is 0.311 e. The summed E-state index contributed by atoms with van der Waals surface area (Å²) in [5.41, 5.74) is 0. The van der Waals surface area contributed by atoms with Crippen molar-refractivity contribution in [3.8, 4) is 0 Å². The zero-order valence-corrected chi connectivity index (χ0v) is 8.78. The summed E-state index contributed by atoms with van der Waals surface area (Å²) in [5, 5.41) is 9.70. The Labute approximate surface area is 84.2 Å². The predicted molar refractivity (Wildman–Crippen MR) is 50.6 cm³/mol. The van der Waals surface area contributed by atoms with E-state index in [-0.39, 0.29) is 12.4 Å². The number of rotatable bonds is 5. The summed E-state index contributed by atoms with van der Waals surface area (Å²) in [7, 11) is 0. The molecule has 0 aromatic rings. The van der Waals surface area contributed by atoms with Crippen LogP contribution < -0.4 is 0 Å². The van der Waals surface area contributed by atoms with Crippen LogP contribution in [0.25, 0.3) is 0 Å². The lowest BCUT2D eigenvalue weighted by Gasteiger charge is -2.30. The Bertz CT molecular complexity index is 204. The molecule has 4 heteroatoms. The maximum absolute atomic E-state index is 11.0. The number of aliphatic hydroxyl groups excluding tert-OH is 1. The molecule has 1 saturated heterocycles. The molecule has 1 aliphatic rings. The maximum atomic E-state index is 11.0. The van der Waals surface area contributed by atoms with Crippen LogP contribution in [0.5, 0.6) is 0 Å². The molecule has 14 heavy (non-hydrogen) atoms. The van der Waals surface area contributed by atoms with Crippen molar-refractivity contribution in [3.05, 3.63) is 0 Å². The number of carbonyl (C=O) groups is 1. The van der Waals surface area contributed by atoms with Crippen molar-refractivity contribution in [3.63, 3.8) is 0 Å². The summed E-state index contributed by atoms with van der Waals surface area (Å²) in [6.45, 7) is 4.31. The Morgan fingerprint density at radius 1 is 1.64 bits per heavy atom. The lowest BCUT2D eigenvalue weighted by atomic mass is 10.0. The molecular weight excluding hydrogens is 184 g/mol. The van der Waals surface area contributed by atoms with Crippen molar-refractivity contribution in [1.29, 1.82) is 0 Å². The van der Waals surface area contributed by atoms with Crippen molar-refractivity contribution in [1.82, 2.24) is 0 Å². The average Bonchev–Trinajstić information content (AvgIpc) is 2.40. The Morgan fingerprint density at radius 3 is 2.79 bits per heavy atom. The minimum atomic E-state index is -1.07. The van der Waals surface area contributed by atoms with E-state index in [1.165, 1.54) is 0 Å². The summed E-state index contributed by atoms with van der Waals surface area (Å²) in [5.74, 6) is -1.44. The number of esters is 1. The molecule has 1 N–H and O–H groups in total. The molecule has 0 spiro atoms. The van der Waals surface area contributed by atoms with Gasteiger partial charge in [-0.3, -0.25) is 4.79 Å². The van der Waals surface area contributed by atoms with Crippen molar-refractivity contribution < 1.29 is 19.4 Å². The van der Waals surface area contributed by atoms with Gasteiger partial charge >= 0.3 is 5.97 Å². The fourth-order valence-electron chi connectivity index (χ4n) is 1.70. The monoisotopic (exact) mass is 202 g/mol. The van der Waals surface area contributed by atoms with Gasteiger partial charge in [-0.15, -0.1) is 0 Å². The molecule has 1 fully saturated rings. The number of cyclic esters (lactones) is 1. The Kier molecular flexibility index (Phi) is 3.89. The van der Waals surface area contributed by atoms with E-state index in [0.717, 1.165) is 12.8 Å². The SMILES string of the molecule is CCCC[C@]1(OCC)OC(=O)C[C@H]1O. The van der Waals surface area contributed by atoms with E-state index in [4.69, 9.17) is 9.47 Å². The van der Waals surface area contributed by atoms with Crippen molar-refractivity contribution in [2.24, 2.45) is 0 Å². The van der Waals surface area contributed by atoms with Crippen LogP contribution in [-0.4, -0.2) is 29.6 Å². The quantitative estimate of drug-likeness (QED) is 0.681. The van der Waals surface area contributed by atoms with Gasteiger partial charge in [0.05, 0.1) is 6.42 Å². The number of carbonyl (C=O) groups excluding carboxylic acids is 1. The van der Waals surface area contributed by atoms with E-state index in [1.54, 1.807) is 0 Å². The highest BCUT2D eigenvalue weighted by Crippen LogP contribution is 2.33. The molecule has 0 aromatic heterocycles. The first-order valence-corrected chi connectivity index (χ1v) is 5.18. The van der Waals surface area contributed by atoms with Gasteiger partial charge in [0.15, 0.2) is 0 Å². The van der Waals surface area contributed by atoms with Gasteiger partial charge in [-0.25, -0.2) is 0 Å². The number of hydrogen-bond acceptors (Lipinski definition) is 4. The van der Waals surface area contributed by atoms with Crippen LogP contribution in [0.15, 0.2) is 0 Å². The minimum Gasteiger partial charge on any atom is -0.430 e. The third kappa shape index (κ3) is 2.25. The average molecular weight is 202 g/mol. The molecule has 0 radical (unpaired) electrons. The van der Waals surface area contributed by atoms with Gasteiger partial charge in [-0.2, -0.15) is 0 Å². The van der Waals surface area contributed by atoms with Gasteiger partial charge in [0.1, 0.15) is 6.10 Å². The normalized spacial score (nSPS) is 31.9. The van der Waals surface area contributed by atoms with E-state index >= 15 is 0 Å². The van der Waals surface area contributed by atoms with E-state index in [9.17, 15) is 9.90 Å². The second-order valence-corrected chi connectivity index (χ2v) is 3.54. The fraction of sp³-hybridized carbons (Fsp3) is 0.900. The fourth-order valence-corrected chi connectivity index (χ4v) is 1.70. The Morgan fingerprint density at radius 2 is 2.36 bits per heavy atom. The van der Waals surface area contributed by atoms with Crippen molar-refractivity contribution >= 4 is 5.97 Å². The smallest absolute Gasteiger partial charge is 0.311 e. The number of aliphatic hydroxyl groups is 1. The van der Waals surface area contributed by atoms with Gasteiger partial charge in [-0.05, 0) is 13.3 Å². The van der Waals surface area contributed by atoms with Crippen LogP contribution in [-0.2, 0) is 14.3 Å². The van der Waals surface area contributed by atoms with Gasteiger partial charge in [0.25, 0.3) is 0 Å². The molecule has 0 saturated carbocycles. The van der Waals surface area contributed by atoms with Gasteiger partial charge < -0.3 is 14.6 Å². The Hall–Kier alpha value is -0.610. The first-order valence-electron chi connectivity index (χ1n) is 5.18. The van der Waals surface area contributed by atoms with Crippen LogP contribution in [0.3, 0.4) is 0 Å². The predicted octanol–water partition coefficient (Wildman–Crippen LogP) is 1.22. The minimum absolute atomic E-state index is 0.0454. The Balaban J connectivity index is 2.65. The van der Waals surface area contributed by atoms with Crippen molar-refractivity contribution in [2.45, 2.75) is 51.4 Å². The first-order chi connectivity index (χ1) is 6.64. The van der Waals surface area contributed by atoms with E-state index < -0.39 is 11.9 Å². The molecule has 82 valence electrons. The van der Waals surface area contributed by atoms with Crippen LogP contribution in [0.2, 0.25) is 0 Å². The van der Waals surface area contributed by atoms with Gasteiger partial charge in [-0.1, -0.05) is 13.3 Å². The van der Waals surface area contributed by atoms with E-state index in [0.29, 0.717) is 13.0 Å². The summed E-state index contributed by atoms with van der Waals surface area (Å²) < 4.78 is 10.5. The third-order valence-electron chi connectivity index (χ3n) is 2.42. The molecule has 2 atom stereocenters. The highest BCUT2D eigenvalue weighted by atomic mass is 16.7. The summed E-state index contributed by atoms with van der Waals surface area (Å²) >= 11 is 0. The highest BCUT2D eigenvalue weighted by Gasteiger charge is 2.49. The van der Waals surface area contributed by atoms with Crippen LogP contribution in [0.1, 0.15) is 39.5 Å². The molecule has 0 amide bonds. The second-order valence-electron chi connectivity index (χ2n) is 3.54. The summed E-state index contributed by atoms with van der Waals surface area (Å²) in [6, 6.07) is 0. The zero-order chi connectivity index (χ0) is 10.6. The van der Waals surface area contributed by atoms with Gasteiger partial charge in [0.2, 0.25) is 5.79 Å². The second kappa shape index (κ2) is 4.75. The van der Waals surface area contributed by atoms with E-state index in [2.05, 4.69) is 0 Å².